The summed E-state index contributed by atoms with van der Waals surface area (Å²) < 4.78 is 3.27. The maximum absolute atomic E-state index is 5.85. The van der Waals surface area contributed by atoms with Gasteiger partial charge in [-0.3, -0.25) is 0 Å². The average molecular weight is 227 g/mol. The minimum atomic E-state index is 0.628. The van der Waals surface area contributed by atoms with Crippen molar-refractivity contribution >= 4 is 5.69 Å². The standard InChI is InChI=1S/C10H9N7/c11-8-1-9(16-6-12-4-14-16)3-10(2-8)17-7-13-5-15-17/h1-7H,11H2. The summed E-state index contributed by atoms with van der Waals surface area (Å²) in [6.07, 6.45) is 6.16. The van der Waals surface area contributed by atoms with Gasteiger partial charge in [0.25, 0.3) is 0 Å². The lowest BCUT2D eigenvalue weighted by Crippen LogP contribution is -2.01. The van der Waals surface area contributed by atoms with Gasteiger partial charge in [-0.15, -0.1) is 0 Å². The summed E-state index contributed by atoms with van der Waals surface area (Å²) in [7, 11) is 0. The molecule has 84 valence electrons. The Labute approximate surface area is 96.5 Å². The fourth-order valence-corrected chi connectivity index (χ4v) is 1.57. The Hall–Kier alpha value is -2.70. The van der Waals surface area contributed by atoms with Crippen molar-refractivity contribution in [2.75, 3.05) is 5.73 Å². The van der Waals surface area contributed by atoms with Gasteiger partial charge in [0.1, 0.15) is 25.3 Å². The molecule has 7 heteroatoms. The molecule has 2 aromatic heterocycles. The van der Waals surface area contributed by atoms with E-state index in [4.69, 9.17) is 5.73 Å². The third-order valence-electron chi connectivity index (χ3n) is 2.29. The lowest BCUT2D eigenvalue weighted by Gasteiger charge is -2.06. The number of anilines is 1. The number of aromatic nitrogens is 6. The molecule has 0 radical (unpaired) electrons. The van der Waals surface area contributed by atoms with E-state index in [9.17, 15) is 0 Å². The Bertz CT molecular complexity index is 560. The maximum Gasteiger partial charge on any atom is 0.138 e. The van der Waals surface area contributed by atoms with Crippen molar-refractivity contribution in [1.29, 1.82) is 0 Å². The molecule has 1 aromatic carbocycles. The Balaban J connectivity index is 2.13. The van der Waals surface area contributed by atoms with E-state index in [0.29, 0.717) is 5.69 Å². The lowest BCUT2D eigenvalue weighted by atomic mass is 10.2. The highest BCUT2D eigenvalue weighted by atomic mass is 15.3. The molecule has 0 aliphatic carbocycles. The highest BCUT2D eigenvalue weighted by molar-refractivity contribution is 5.55. The number of hydrogen-bond donors (Lipinski definition) is 1. The molecule has 0 aliphatic rings. The summed E-state index contributed by atoms with van der Waals surface area (Å²) in [5.74, 6) is 0. The average Bonchev–Trinajstić information content (AvgIpc) is 3.02. The van der Waals surface area contributed by atoms with Crippen LogP contribution in [0.4, 0.5) is 5.69 Å². The summed E-state index contributed by atoms with van der Waals surface area (Å²) >= 11 is 0. The van der Waals surface area contributed by atoms with Crippen LogP contribution >= 0.6 is 0 Å². The van der Waals surface area contributed by atoms with Crippen LogP contribution in [0.1, 0.15) is 0 Å². The third-order valence-corrected chi connectivity index (χ3v) is 2.29. The zero-order valence-electron chi connectivity index (χ0n) is 8.80. The van der Waals surface area contributed by atoms with E-state index in [-0.39, 0.29) is 0 Å². The largest absolute Gasteiger partial charge is 0.399 e. The van der Waals surface area contributed by atoms with Crippen LogP contribution in [0.15, 0.2) is 43.5 Å². The molecule has 2 N–H and O–H groups in total. The first-order valence-corrected chi connectivity index (χ1v) is 4.93. The Morgan fingerprint density at radius 3 is 1.76 bits per heavy atom. The fraction of sp³-hybridized carbons (Fsp3) is 0. The van der Waals surface area contributed by atoms with E-state index in [1.54, 1.807) is 22.0 Å². The smallest absolute Gasteiger partial charge is 0.138 e. The van der Waals surface area contributed by atoms with Crippen molar-refractivity contribution in [2.45, 2.75) is 0 Å². The summed E-state index contributed by atoms with van der Waals surface area (Å²) in [6, 6.07) is 5.53. The molecule has 0 saturated heterocycles. The second-order valence-electron chi connectivity index (χ2n) is 3.46. The Kier molecular flexibility index (Phi) is 2.08. The van der Waals surface area contributed by atoms with Crippen LogP contribution in [0.5, 0.6) is 0 Å². The second-order valence-corrected chi connectivity index (χ2v) is 3.46. The lowest BCUT2D eigenvalue weighted by molar-refractivity contribution is 0.855. The minimum Gasteiger partial charge on any atom is -0.399 e. The number of hydrogen-bond acceptors (Lipinski definition) is 5. The highest BCUT2D eigenvalue weighted by Crippen LogP contribution is 2.17. The van der Waals surface area contributed by atoms with Gasteiger partial charge >= 0.3 is 0 Å². The van der Waals surface area contributed by atoms with Gasteiger partial charge in [-0.25, -0.2) is 19.3 Å². The van der Waals surface area contributed by atoms with E-state index in [0.717, 1.165) is 11.4 Å². The van der Waals surface area contributed by atoms with Gasteiger partial charge in [0.15, 0.2) is 0 Å². The van der Waals surface area contributed by atoms with Gasteiger partial charge < -0.3 is 5.73 Å². The summed E-state index contributed by atoms with van der Waals surface area (Å²) in [6.45, 7) is 0. The van der Waals surface area contributed by atoms with Gasteiger partial charge in [-0.2, -0.15) is 10.2 Å². The van der Waals surface area contributed by atoms with Gasteiger partial charge in [-0.1, -0.05) is 0 Å². The number of nitrogens with zero attached hydrogens (tertiary/aromatic N) is 6. The van der Waals surface area contributed by atoms with Crippen LogP contribution in [-0.4, -0.2) is 29.5 Å². The monoisotopic (exact) mass is 227 g/mol. The van der Waals surface area contributed by atoms with Crippen molar-refractivity contribution in [3.63, 3.8) is 0 Å². The SMILES string of the molecule is Nc1cc(-n2cncn2)cc(-n2cncn2)c1. The molecule has 0 fully saturated rings. The van der Waals surface area contributed by atoms with Crippen LogP contribution < -0.4 is 5.73 Å². The summed E-state index contributed by atoms with van der Waals surface area (Å²) in [5.41, 5.74) is 8.13. The molecule has 7 nitrogen and oxygen atoms in total. The van der Waals surface area contributed by atoms with Crippen molar-refractivity contribution in [3.05, 3.63) is 43.5 Å². The van der Waals surface area contributed by atoms with Crippen molar-refractivity contribution < 1.29 is 0 Å². The molecule has 0 atom stereocenters. The van der Waals surface area contributed by atoms with E-state index in [1.165, 1.54) is 12.7 Å². The first kappa shape index (κ1) is 9.52. The normalized spacial score (nSPS) is 10.6. The molecular weight excluding hydrogens is 218 g/mol. The number of rotatable bonds is 2. The molecule has 0 amide bonds. The van der Waals surface area contributed by atoms with Gasteiger partial charge in [0.05, 0.1) is 11.4 Å². The second kappa shape index (κ2) is 3.71. The van der Waals surface area contributed by atoms with Gasteiger partial charge in [-0.05, 0) is 18.2 Å². The van der Waals surface area contributed by atoms with Crippen LogP contribution in [0.25, 0.3) is 11.4 Å². The molecule has 0 aliphatic heterocycles. The molecule has 0 spiro atoms. The van der Waals surface area contributed by atoms with E-state index >= 15 is 0 Å². The van der Waals surface area contributed by atoms with Crippen LogP contribution in [-0.2, 0) is 0 Å². The molecular formula is C10H9N7. The zero-order chi connectivity index (χ0) is 11.7. The Morgan fingerprint density at radius 2 is 1.35 bits per heavy atom. The van der Waals surface area contributed by atoms with E-state index < -0.39 is 0 Å². The number of nitrogen functional groups attached to an aromatic ring is 1. The summed E-state index contributed by atoms with van der Waals surface area (Å²) in [5, 5.41) is 8.11. The number of benzene rings is 1. The molecule has 0 bridgehead atoms. The molecule has 0 saturated carbocycles. The number of nitrogens with two attached hydrogens (primary N) is 1. The topological polar surface area (TPSA) is 87.4 Å². The van der Waals surface area contributed by atoms with Gasteiger partial charge in [0.2, 0.25) is 0 Å². The van der Waals surface area contributed by atoms with Crippen LogP contribution in [0, 0.1) is 0 Å². The molecule has 3 rings (SSSR count). The van der Waals surface area contributed by atoms with Crippen LogP contribution in [0.2, 0.25) is 0 Å². The fourth-order valence-electron chi connectivity index (χ4n) is 1.57. The van der Waals surface area contributed by atoms with Crippen LogP contribution in [0.3, 0.4) is 0 Å². The van der Waals surface area contributed by atoms with Crippen molar-refractivity contribution in [1.82, 2.24) is 29.5 Å². The maximum atomic E-state index is 5.85. The predicted octanol–water partition coefficient (Wildman–Crippen LogP) is 0.430. The quantitative estimate of drug-likeness (QED) is 0.641. The predicted molar refractivity (Wildman–Crippen MR) is 60.7 cm³/mol. The molecule has 17 heavy (non-hydrogen) atoms. The molecule has 3 aromatic rings. The first-order valence-electron chi connectivity index (χ1n) is 4.93. The van der Waals surface area contributed by atoms with E-state index in [1.807, 2.05) is 18.2 Å². The molecule has 0 unspecified atom stereocenters. The molecule has 2 heterocycles. The van der Waals surface area contributed by atoms with Crippen molar-refractivity contribution in [3.8, 4) is 11.4 Å². The highest BCUT2D eigenvalue weighted by Gasteiger charge is 2.03. The zero-order valence-corrected chi connectivity index (χ0v) is 8.80. The van der Waals surface area contributed by atoms with Crippen molar-refractivity contribution in [2.24, 2.45) is 0 Å². The summed E-state index contributed by atoms with van der Waals surface area (Å²) in [4.78, 5) is 7.79. The first-order chi connectivity index (χ1) is 8.33. The Morgan fingerprint density at radius 1 is 0.824 bits per heavy atom. The minimum absolute atomic E-state index is 0.628. The van der Waals surface area contributed by atoms with Gasteiger partial charge in [0, 0.05) is 5.69 Å². The van der Waals surface area contributed by atoms with E-state index in [2.05, 4.69) is 20.2 Å². The third kappa shape index (κ3) is 1.73.